The lowest BCUT2D eigenvalue weighted by Crippen LogP contribution is -2.25. The maximum absolute atomic E-state index is 11.9. The van der Waals surface area contributed by atoms with Gasteiger partial charge >= 0.3 is 5.97 Å². The molecule has 0 fully saturated rings. The Kier molecular flexibility index (Phi) is 3.53. The molecule has 2 rings (SSSR count). The summed E-state index contributed by atoms with van der Waals surface area (Å²) < 4.78 is 26.0. The van der Waals surface area contributed by atoms with Gasteiger partial charge in [-0.1, -0.05) is 0 Å². The van der Waals surface area contributed by atoms with Crippen molar-refractivity contribution in [2.45, 2.75) is 11.6 Å². The minimum atomic E-state index is -4.01. The van der Waals surface area contributed by atoms with E-state index in [4.69, 9.17) is 5.11 Å². The molecule has 0 spiro atoms. The molecule has 100 valence electrons. The van der Waals surface area contributed by atoms with E-state index < -0.39 is 26.6 Å². The number of aromatic nitrogens is 4. The lowest BCUT2D eigenvalue weighted by molar-refractivity contribution is 0.0692. The Morgan fingerprint density at radius 1 is 1.47 bits per heavy atom. The van der Waals surface area contributed by atoms with Crippen LogP contribution >= 0.6 is 0 Å². The minimum absolute atomic E-state index is 0.103. The lowest BCUT2D eigenvalue weighted by Gasteiger charge is -2.04. The first-order valence-corrected chi connectivity index (χ1v) is 6.52. The Hall–Kier alpha value is -2.33. The summed E-state index contributed by atoms with van der Waals surface area (Å²) in [5, 5.41) is 21.2. The van der Waals surface area contributed by atoms with Crippen LogP contribution < -0.4 is 4.72 Å². The van der Waals surface area contributed by atoms with Crippen molar-refractivity contribution in [2.24, 2.45) is 0 Å². The molecule has 0 atom stereocenters. The number of rotatable bonds is 5. The van der Waals surface area contributed by atoms with E-state index in [1.54, 1.807) is 12.1 Å². The number of carbonyl (C=O) groups is 1. The molecule has 2 aromatic heterocycles. The Morgan fingerprint density at radius 3 is 2.89 bits per heavy atom. The molecule has 0 saturated carbocycles. The minimum Gasteiger partial charge on any atom is -0.478 e. The number of carboxylic acid groups (broad SMARTS) is 1. The third kappa shape index (κ3) is 2.92. The number of hydrogen-bond acceptors (Lipinski definition) is 6. The summed E-state index contributed by atoms with van der Waals surface area (Å²) in [6, 6.07) is 3.19. The topological polar surface area (TPSA) is 138 Å². The van der Waals surface area contributed by atoms with Gasteiger partial charge in [-0.3, -0.25) is 5.10 Å². The van der Waals surface area contributed by atoms with Crippen molar-refractivity contribution in [1.29, 1.82) is 0 Å². The fourth-order valence-corrected chi connectivity index (χ4v) is 2.38. The summed E-state index contributed by atoms with van der Waals surface area (Å²) in [7, 11) is -4.01. The summed E-state index contributed by atoms with van der Waals surface area (Å²) in [6.07, 6.45) is 2.38. The molecule has 0 aliphatic heterocycles. The molecule has 10 heteroatoms. The number of nitrogens with one attached hydrogen (secondary N) is 2. The molecule has 3 N–H and O–H groups in total. The van der Waals surface area contributed by atoms with Gasteiger partial charge in [0.1, 0.15) is 5.56 Å². The molecule has 0 saturated heterocycles. The molecule has 9 nitrogen and oxygen atoms in total. The van der Waals surface area contributed by atoms with Crippen molar-refractivity contribution in [3.05, 3.63) is 35.8 Å². The highest BCUT2D eigenvalue weighted by molar-refractivity contribution is 7.89. The van der Waals surface area contributed by atoms with Gasteiger partial charge in [0, 0.05) is 6.20 Å². The molecule has 0 aliphatic carbocycles. The second kappa shape index (κ2) is 5.12. The number of nitrogens with zero attached hydrogens (tertiary/aromatic N) is 3. The van der Waals surface area contributed by atoms with Crippen LogP contribution in [0.3, 0.4) is 0 Å². The second-order valence-electron chi connectivity index (χ2n) is 3.46. The Balaban J connectivity index is 2.19. The third-order valence-corrected chi connectivity index (χ3v) is 3.55. The predicted octanol–water partition coefficient (Wildman–Crippen LogP) is -0.624. The summed E-state index contributed by atoms with van der Waals surface area (Å²) in [6.45, 7) is -0.103. The highest BCUT2D eigenvalue weighted by atomic mass is 32.2. The number of hydrogen-bond donors (Lipinski definition) is 3. The molecule has 19 heavy (non-hydrogen) atoms. The van der Waals surface area contributed by atoms with E-state index in [0.717, 1.165) is 6.20 Å². The van der Waals surface area contributed by atoms with Crippen molar-refractivity contribution in [2.75, 3.05) is 0 Å². The Labute approximate surface area is 107 Å². The van der Waals surface area contributed by atoms with Gasteiger partial charge in [-0.05, 0) is 12.1 Å². The highest BCUT2D eigenvalue weighted by Gasteiger charge is 2.24. The summed E-state index contributed by atoms with van der Waals surface area (Å²) in [4.78, 5) is 10.8. The van der Waals surface area contributed by atoms with E-state index in [2.05, 4.69) is 25.1 Å². The number of H-pyrrole nitrogens is 1. The van der Waals surface area contributed by atoms with Gasteiger partial charge in [0.15, 0.2) is 5.03 Å². The SMILES string of the molecule is O=C(O)c1cn[nH]c1S(=O)(=O)NCc1cccnn1. The monoisotopic (exact) mass is 283 g/mol. The number of carboxylic acids is 1. The normalized spacial score (nSPS) is 11.4. The van der Waals surface area contributed by atoms with E-state index in [-0.39, 0.29) is 6.54 Å². The fourth-order valence-electron chi connectivity index (χ4n) is 1.30. The first-order valence-electron chi connectivity index (χ1n) is 5.03. The first-order chi connectivity index (χ1) is 9.00. The zero-order chi connectivity index (χ0) is 13.9. The third-order valence-electron chi connectivity index (χ3n) is 2.17. The van der Waals surface area contributed by atoms with Crippen molar-refractivity contribution < 1.29 is 18.3 Å². The van der Waals surface area contributed by atoms with Gasteiger partial charge in [0.05, 0.1) is 18.4 Å². The maximum atomic E-state index is 11.9. The molecule has 2 heterocycles. The summed E-state index contributed by atoms with van der Waals surface area (Å²) in [5.74, 6) is -1.38. The molecule has 2 aromatic rings. The number of sulfonamides is 1. The average Bonchev–Trinajstić information content (AvgIpc) is 2.88. The van der Waals surface area contributed by atoms with Crippen molar-refractivity contribution in [3.8, 4) is 0 Å². The van der Waals surface area contributed by atoms with Crippen LogP contribution in [-0.4, -0.2) is 39.9 Å². The van der Waals surface area contributed by atoms with Crippen molar-refractivity contribution in [1.82, 2.24) is 25.1 Å². The second-order valence-corrected chi connectivity index (χ2v) is 5.16. The van der Waals surface area contributed by atoms with E-state index >= 15 is 0 Å². The van der Waals surface area contributed by atoms with Gasteiger partial charge in [0.25, 0.3) is 10.0 Å². The first kappa shape index (κ1) is 13.1. The predicted molar refractivity (Wildman–Crippen MR) is 61.6 cm³/mol. The van der Waals surface area contributed by atoms with Crippen LogP contribution in [0, 0.1) is 0 Å². The smallest absolute Gasteiger partial charge is 0.340 e. The van der Waals surface area contributed by atoms with Crippen LogP contribution in [0.1, 0.15) is 16.1 Å². The van der Waals surface area contributed by atoms with E-state index in [9.17, 15) is 13.2 Å². The standard InChI is InChI=1S/C9H9N5O4S/c15-9(16)7-5-11-14-8(7)19(17,18)12-4-6-2-1-3-10-13-6/h1-3,5,12H,4H2,(H,11,14)(H,15,16). The molecule has 0 bridgehead atoms. The average molecular weight is 283 g/mol. The van der Waals surface area contributed by atoms with Gasteiger partial charge in [0.2, 0.25) is 0 Å². The molecule has 0 unspecified atom stereocenters. The quantitative estimate of drug-likeness (QED) is 0.664. The molecule has 0 aromatic carbocycles. The van der Waals surface area contributed by atoms with Crippen molar-refractivity contribution >= 4 is 16.0 Å². The van der Waals surface area contributed by atoms with Crippen LogP contribution in [0.25, 0.3) is 0 Å². The van der Waals surface area contributed by atoms with Crippen LogP contribution in [0.4, 0.5) is 0 Å². The molecule has 0 aliphatic rings. The highest BCUT2D eigenvalue weighted by Crippen LogP contribution is 2.11. The van der Waals surface area contributed by atoms with Gasteiger partial charge in [-0.15, -0.1) is 0 Å². The van der Waals surface area contributed by atoms with Crippen LogP contribution in [0.15, 0.2) is 29.6 Å². The summed E-state index contributed by atoms with van der Waals surface area (Å²) >= 11 is 0. The van der Waals surface area contributed by atoms with E-state index in [0.29, 0.717) is 5.69 Å². The Morgan fingerprint density at radius 2 is 2.26 bits per heavy atom. The molecule has 0 radical (unpaired) electrons. The Bertz CT molecular complexity index is 682. The van der Waals surface area contributed by atoms with Crippen LogP contribution in [0.2, 0.25) is 0 Å². The number of aromatic carboxylic acids is 1. The zero-order valence-electron chi connectivity index (χ0n) is 9.44. The van der Waals surface area contributed by atoms with Gasteiger partial charge in [-0.25, -0.2) is 17.9 Å². The maximum Gasteiger partial charge on any atom is 0.340 e. The zero-order valence-corrected chi connectivity index (χ0v) is 10.3. The van der Waals surface area contributed by atoms with Crippen LogP contribution in [-0.2, 0) is 16.6 Å². The van der Waals surface area contributed by atoms with Crippen molar-refractivity contribution in [3.63, 3.8) is 0 Å². The van der Waals surface area contributed by atoms with E-state index in [1.165, 1.54) is 6.20 Å². The largest absolute Gasteiger partial charge is 0.478 e. The summed E-state index contributed by atoms with van der Waals surface area (Å²) in [5.41, 5.74) is -0.0193. The molecular formula is C9H9N5O4S. The fraction of sp³-hybridized carbons (Fsp3) is 0.111. The van der Waals surface area contributed by atoms with Gasteiger partial charge in [-0.2, -0.15) is 15.3 Å². The molecule has 0 amide bonds. The van der Waals surface area contributed by atoms with Gasteiger partial charge < -0.3 is 5.11 Å². The number of aromatic amines is 1. The van der Waals surface area contributed by atoms with Crippen LogP contribution in [0.5, 0.6) is 0 Å². The van der Waals surface area contributed by atoms with E-state index in [1.807, 2.05) is 0 Å². The lowest BCUT2D eigenvalue weighted by atomic mass is 10.4. The molecular weight excluding hydrogens is 274 g/mol.